The van der Waals surface area contributed by atoms with Crippen molar-refractivity contribution >= 4 is 27.4 Å². The zero-order valence-electron chi connectivity index (χ0n) is 11.5. The summed E-state index contributed by atoms with van der Waals surface area (Å²) in [6.45, 7) is 2.02. The fourth-order valence-corrected chi connectivity index (χ4v) is 3.71. The third-order valence-corrected chi connectivity index (χ3v) is 4.76. The molecule has 3 rings (SSSR count). The molecule has 0 aliphatic carbocycles. The molecule has 1 aliphatic heterocycles. The van der Waals surface area contributed by atoms with Crippen LogP contribution in [0.25, 0.3) is 10.2 Å². The molecule has 0 bridgehead atoms. The number of rotatable bonds is 4. The molecular formula is C14H20N4OS. The topological polar surface area (TPSA) is 75.3 Å². The van der Waals surface area contributed by atoms with Gasteiger partial charge in [0.25, 0.3) is 0 Å². The first-order valence-electron chi connectivity index (χ1n) is 7.12. The number of fused-ring (bicyclic) bond motifs is 1. The zero-order valence-corrected chi connectivity index (χ0v) is 12.3. The first-order chi connectivity index (χ1) is 9.78. The first-order valence-corrected chi connectivity index (χ1v) is 8.00. The van der Waals surface area contributed by atoms with E-state index in [0.717, 1.165) is 42.0 Å². The fourth-order valence-electron chi connectivity index (χ4n) is 2.92. The monoisotopic (exact) mass is 292 g/mol. The number of hydrogen-bond acceptors (Lipinski definition) is 6. The minimum atomic E-state index is 0.244. The molecule has 20 heavy (non-hydrogen) atoms. The molecule has 3 heterocycles. The molecule has 3 N–H and O–H groups in total. The summed E-state index contributed by atoms with van der Waals surface area (Å²) in [5, 5.41) is 12.1. The van der Waals surface area contributed by atoms with Crippen molar-refractivity contribution in [2.45, 2.75) is 38.3 Å². The van der Waals surface area contributed by atoms with Crippen LogP contribution in [0.2, 0.25) is 0 Å². The summed E-state index contributed by atoms with van der Waals surface area (Å²) in [7, 11) is 0. The van der Waals surface area contributed by atoms with Crippen LogP contribution in [0.3, 0.4) is 0 Å². The van der Waals surface area contributed by atoms with Gasteiger partial charge < -0.3 is 10.8 Å². The second-order valence-electron chi connectivity index (χ2n) is 5.30. The summed E-state index contributed by atoms with van der Waals surface area (Å²) in [5.41, 5.74) is 6.00. The van der Waals surface area contributed by atoms with E-state index in [9.17, 15) is 5.11 Å². The van der Waals surface area contributed by atoms with E-state index in [1.165, 1.54) is 12.8 Å². The molecule has 0 spiro atoms. The fraction of sp³-hybridized carbons (Fsp3) is 0.571. The molecule has 1 fully saturated rings. The number of thiophene rings is 1. The van der Waals surface area contributed by atoms with Gasteiger partial charge in [0, 0.05) is 12.6 Å². The van der Waals surface area contributed by atoms with E-state index in [0.29, 0.717) is 11.9 Å². The maximum atomic E-state index is 9.18. The van der Waals surface area contributed by atoms with Gasteiger partial charge in [0.05, 0.1) is 11.9 Å². The van der Waals surface area contributed by atoms with Gasteiger partial charge in [-0.25, -0.2) is 9.97 Å². The average molecular weight is 292 g/mol. The molecule has 108 valence electrons. The van der Waals surface area contributed by atoms with Crippen LogP contribution in [0.5, 0.6) is 0 Å². The molecule has 0 amide bonds. The predicted molar refractivity (Wildman–Crippen MR) is 81.6 cm³/mol. The van der Waals surface area contributed by atoms with Gasteiger partial charge in [-0.15, -0.1) is 11.3 Å². The number of anilines is 1. The Balaban J connectivity index is 1.80. The summed E-state index contributed by atoms with van der Waals surface area (Å²) < 4.78 is 0. The van der Waals surface area contributed by atoms with E-state index >= 15 is 0 Å². The lowest BCUT2D eigenvalue weighted by Gasteiger charge is -2.34. The Hall–Kier alpha value is -1.24. The van der Waals surface area contributed by atoms with Crippen molar-refractivity contribution in [3.8, 4) is 0 Å². The molecule has 0 radical (unpaired) electrons. The molecule has 2 aromatic rings. The lowest BCUT2D eigenvalue weighted by Crippen LogP contribution is -2.39. The van der Waals surface area contributed by atoms with Crippen LogP contribution in [0.4, 0.5) is 5.82 Å². The molecule has 2 aromatic heterocycles. The Morgan fingerprint density at radius 2 is 2.30 bits per heavy atom. The predicted octanol–water partition coefficient (Wildman–Crippen LogP) is 2.01. The Morgan fingerprint density at radius 3 is 3.15 bits per heavy atom. The number of piperidine rings is 1. The zero-order chi connectivity index (χ0) is 13.9. The van der Waals surface area contributed by atoms with Crippen molar-refractivity contribution in [3.05, 3.63) is 17.3 Å². The highest BCUT2D eigenvalue weighted by molar-refractivity contribution is 7.16. The second-order valence-corrected chi connectivity index (χ2v) is 6.19. The Kier molecular flexibility index (Phi) is 4.14. The molecule has 0 saturated carbocycles. The van der Waals surface area contributed by atoms with Gasteiger partial charge in [0.2, 0.25) is 0 Å². The van der Waals surface area contributed by atoms with Gasteiger partial charge in [0.15, 0.2) is 0 Å². The number of aliphatic hydroxyl groups is 1. The van der Waals surface area contributed by atoms with E-state index < -0.39 is 0 Å². The number of nitrogens with two attached hydrogens (primary N) is 1. The number of nitrogen functional groups attached to an aromatic ring is 1. The highest BCUT2D eigenvalue weighted by Crippen LogP contribution is 2.25. The van der Waals surface area contributed by atoms with Crippen molar-refractivity contribution in [1.29, 1.82) is 0 Å². The van der Waals surface area contributed by atoms with Crippen LogP contribution in [0.1, 0.15) is 31.5 Å². The normalized spacial score (nSPS) is 20.6. The summed E-state index contributed by atoms with van der Waals surface area (Å²) >= 11 is 1.60. The quantitative estimate of drug-likeness (QED) is 0.901. The molecule has 5 nitrogen and oxygen atoms in total. The summed E-state index contributed by atoms with van der Waals surface area (Å²) in [6.07, 6.45) is 4.43. The molecule has 0 aromatic carbocycles. The van der Waals surface area contributed by atoms with Gasteiger partial charge >= 0.3 is 0 Å². The number of likely N-dealkylation sites (tertiary alicyclic amines) is 1. The molecule has 1 aliphatic rings. The van der Waals surface area contributed by atoms with Crippen LogP contribution in [0, 0.1) is 0 Å². The van der Waals surface area contributed by atoms with E-state index in [4.69, 9.17) is 5.73 Å². The maximum Gasteiger partial charge on any atom is 0.146 e. The molecule has 6 heteroatoms. The van der Waals surface area contributed by atoms with Crippen molar-refractivity contribution in [2.24, 2.45) is 0 Å². The third-order valence-electron chi connectivity index (χ3n) is 3.96. The van der Waals surface area contributed by atoms with Crippen LogP contribution in [0.15, 0.2) is 11.4 Å². The Morgan fingerprint density at radius 1 is 1.40 bits per heavy atom. The first kappa shape index (κ1) is 13.7. The standard InChI is InChI=1S/C14H20N4OS/c15-13-11-5-8-20-14(11)17-12(16-13)9-18-6-2-1-3-10(18)4-7-19/h5,8,10,19H,1-4,6-7,9H2,(H2,15,16,17). The minimum absolute atomic E-state index is 0.244. The van der Waals surface area contributed by atoms with Gasteiger partial charge in [0.1, 0.15) is 16.5 Å². The van der Waals surface area contributed by atoms with Crippen molar-refractivity contribution < 1.29 is 5.11 Å². The Labute approximate surface area is 122 Å². The van der Waals surface area contributed by atoms with E-state index in [2.05, 4.69) is 14.9 Å². The summed E-state index contributed by atoms with van der Waals surface area (Å²) in [5.74, 6) is 1.37. The van der Waals surface area contributed by atoms with Crippen molar-refractivity contribution in [2.75, 3.05) is 18.9 Å². The maximum absolute atomic E-state index is 9.18. The van der Waals surface area contributed by atoms with E-state index in [-0.39, 0.29) is 6.61 Å². The SMILES string of the molecule is Nc1nc(CN2CCCCC2CCO)nc2sccc12. The number of hydrogen-bond donors (Lipinski definition) is 2. The molecule has 1 saturated heterocycles. The molecular weight excluding hydrogens is 272 g/mol. The van der Waals surface area contributed by atoms with Crippen molar-refractivity contribution in [1.82, 2.24) is 14.9 Å². The smallest absolute Gasteiger partial charge is 0.146 e. The van der Waals surface area contributed by atoms with Gasteiger partial charge in [-0.05, 0) is 37.3 Å². The van der Waals surface area contributed by atoms with E-state index in [1.807, 2.05) is 11.4 Å². The largest absolute Gasteiger partial charge is 0.396 e. The molecule has 1 atom stereocenters. The van der Waals surface area contributed by atoms with Gasteiger partial charge in [-0.2, -0.15) is 0 Å². The second kappa shape index (κ2) is 6.03. The van der Waals surface area contributed by atoms with Crippen LogP contribution >= 0.6 is 11.3 Å². The van der Waals surface area contributed by atoms with Gasteiger partial charge in [-0.3, -0.25) is 4.90 Å². The lowest BCUT2D eigenvalue weighted by atomic mass is 10.00. The number of aliphatic hydroxyl groups excluding tert-OH is 1. The van der Waals surface area contributed by atoms with Crippen LogP contribution < -0.4 is 5.73 Å². The highest BCUT2D eigenvalue weighted by atomic mass is 32.1. The summed E-state index contributed by atoms with van der Waals surface area (Å²) in [6, 6.07) is 2.41. The van der Waals surface area contributed by atoms with Crippen molar-refractivity contribution in [3.63, 3.8) is 0 Å². The van der Waals surface area contributed by atoms with Gasteiger partial charge in [-0.1, -0.05) is 6.42 Å². The third kappa shape index (κ3) is 2.77. The Bertz CT molecular complexity index is 584. The lowest BCUT2D eigenvalue weighted by molar-refractivity contribution is 0.110. The molecule has 1 unspecified atom stereocenters. The van der Waals surface area contributed by atoms with Crippen LogP contribution in [-0.4, -0.2) is 39.2 Å². The summed E-state index contributed by atoms with van der Waals surface area (Å²) in [4.78, 5) is 12.4. The van der Waals surface area contributed by atoms with E-state index in [1.54, 1.807) is 11.3 Å². The average Bonchev–Trinajstić information content (AvgIpc) is 2.90. The minimum Gasteiger partial charge on any atom is -0.396 e. The highest BCUT2D eigenvalue weighted by Gasteiger charge is 2.23. The van der Waals surface area contributed by atoms with Crippen LogP contribution in [-0.2, 0) is 6.54 Å². The number of nitrogens with zero attached hydrogens (tertiary/aromatic N) is 3. The number of aromatic nitrogens is 2.